The van der Waals surface area contributed by atoms with E-state index in [1.807, 2.05) is 30.3 Å². The summed E-state index contributed by atoms with van der Waals surface area (Å²) in [5.74, 6) is 0. The van der Waals surface area contributed by atoms with Gasteiger partial charge in [-0.25, -0.2) is 4.79 Å². The van der Waals surface area contributed by atoms with Gasteiger partial charge in [-0.15, -0.1) is 0 Å². The quantitative estimate of drug-likeness (QED) is 0.789. The Morgan fingerprint density at radius 3 is 2.50 bits per heavy atom. The van der Waals surface area contributed by atoms with E-state index >= 15 is 0 Å². The molecule has 0 aliphatic carbocycles. The van der Waals surface area contributed by atoms with E-state index in [0.29, 0.717) is 6.67 Å². The summed E-state index contributed by atoms with van der Waals surface area (Å²) in [4.78, 5) is 14.3. The van der Waals surface area contributed by atoms with Crippen LogP contribution < -0.4 is 5.69 Å². The zero-order valence-electron chi connectivity index (χ0n) is 10.1. The van der Waals surface area contributed by atoms with Crippen molar-refractivity contribution in [1.29, 1.82) is 0 Å². The van der Waals surface area contributed by atoms with E-state index in [9.17, 15) is 4.79 Å². The predicted molar refractivity (Wildman–Crippen MR) is 66.4 cm³/mol. The lowest BCUT2D eigenvalue weighted by molar-refractivity contribution is 0.248. The van der Waals surface area contributed by atoms with E-state index < -0.39 is 0 Å². The van der Waals surface area contributed by atoms with Crippen LogP contribution in [0.5, 0.6) is 0 Å². The topological polar surface area (TPSA) is 56.0 Å². The lowest BCUT2D eigenvalue weighted by Crippen LogP contribution is -2.32. The van der Waals surface area contributed by atoms with Gasteiger partial charge in [-0.2, -0.15) is 9.36 Å². The molecule has 3 rings (SSSR count). The molecule has 1 fully saturated rings. The summed E-state index contributed by atoms with van der Waals surface area (Å²) in [5, 5.41) is 7.85. The fourth-order valence-corrected chi connectivity index (χ4v) is 2.21. The Hall–Kier alpha value is -1.95. The number of aromatic nitrogens is 4. The first kappa shape index (κ1) is 11.2. The van der Waals surface area contributed by atoms with E-state index in [0.717, 1.165) is 18.8 Å². The van der Waals surface area contributed by atoms with Crippen molar-refractivity contribution in [2.45, 2.75) is 19.5 Å². The minimum atomic E-state index is -0.187. The van der Waals surface area contributed by atoms with Crippen LogP contribution in [-0.2, 0) is 6.67 Å². The van der Waals surface area contributed by atoms with E-state index in [4.69, 9.17) is 0 Å². The van der Waals surface area contributed by atoms with Crippen molar-refractivity contribution in [2.75, 3.05) is 13.1 Å². The molecule has 0 unspecified atom stereocenters. The summed E-state index contributed by atoms with van der Waals surface area (Å²) in [6.45, 7) is 2.60. The summed E-state index contributed by atoms with van der Waals surface area (Å²) in [6, 6.07) is 9.35. The predicted octanol–water partition coefficient (Wildman–Crippen LogP) is 0.482. The normalized spacial score (nSPS) is 16.2. The molecule has 1 saturated heterocycles. The highest BCUT2D eigenvalue weighted by atomic mass is 16.2. The summed E-state index contributed by atoms with van der Waals surface area (Å²) in [5.41, 5.74) is 0.559. The van der Waals surface area contributed by atoms with Crippen LogP contribution in [0.3, 0.4) is 0 Å². The number of rotatable bonds is 3. The lowest BCUT2D eigenvalue weighted by atomic mass is 10.3. The van der Waals surface area contributed by atoms with Gasteiger partial charge in [0.05, 0.1) is 5.69 Å². The van der Waals surface area contributed by atoms with E-state index in [1.54, 1.807) is 0 Å². The third-order valence-corrected chi connectivity index (χ3v) is 3.17. The number of hydrogen-bond acceptors (Lipinski definition) is 4. The molecule has 0 bridgehead atoms. The van der Waals surface area contributed by atoms with Gasteiger partial charge in [-0.05, 0) is 48.5 Å². The van der Waals surface area contributed by atoms with Gasteiger partial charge in [0.15, 0.2) is 0 Å². The first-order valence-electron chi connectivity index (χ1n) is 6.15. The van der Waals surface area contributed by atoms with Crippen molar-refractivity contribution in [1.82, 2.24) is 24.7 Å². The van der Waals surface area contributed by atoms with Crippen LogP contribution in [0, 0.1) is 0 Å². The second-order valence-corrected chi connectivity index (χ2v) is 4.47. The number of nitrogens with zero attached hydrogens (tertiary/aromatic N) is 5. The number of tetrazole rings is 1. The third-order valence-electron chi connectivity index (χ3n) is 3.17. The van der Waals surface area contributed by atoms with Gasteiger partial charge in [-0.1, -0.05) is 18.2 Å². The average Bonchev–Trinajstić information content (AvgIpc) is 3.03. The van der Waals surface area contributed by atoms with Crippen molar-refractivity contribution in [3.05, 3.63) is 40.8 Å². The van der Waals surface area contributed by atoms with Crippen LogP contribution in [0.15, 0.2) is 35.1 Å². The van der Waals surface area contributed by atoms with Crippen molar-refractivity contribution in [3.8, 4) is 5.69 Å². The summed E-state index contributed by atoms with van der Waals surface area (Å²) in [7, 11) is 0. The molecule has 1 aliphatic rings. The molecule has 0 radical (unpaired) electrons. The molecule has 0 saturated carbocycles. The van der Waals surface area contributed by atoms with Crippen molar-refractivity contribution < 1.29 is 0 Å². The second-order valence-electron chi connectivity index (χ2n) is 4.47. The van der Waals surface area contributed by atoms with Gasteiger partial charge < -0.3 is 0 Å². The second kappa shape index (κ2) is 4.73. The zero-order valence-corrected chi connectivity index (χ0v) is 10.1. The third kappa shape index (κ3) is 2.06. The molecular formula is C12H15N5O. The molecule has 1 aromatic carbocycles. The molecule has 0 N–H and O–H groups in total. The molecule has 6 heteroatoms. The Balaban J connectivity index is 1.86. The molecule has 6 nitrogen and oxygen atoms in total. The fourth-order valence-electron chi connectivity index (χ4n) is 2.21. The number of likely N-dealkylation sites (tertiary alicyclic amines) is 1. The molecular weight excluding hydrogens is 230 g/mol. The Bertz CT molecular complexity index is 568. The van der Waals surface area contributed by atoms with Crippen LogP contribution in [0.1, 0.15) is 12.8 Å². The Morgan fingerprint density at radius 2 is 1.78 bits per heavy atom. The monoisotopic (exact) mass is 245 g/mol. The maximum absolute atomic E-state index is 12.1. The molecule has 18 heavy (non-hydrogen) atoms. The van der Waals surface area contributed by atoms with Gasteiger partial charge in [0, 0.05) is 0 Å². The smallest absolute Gasteiger partial charge is 0.284 e. The lowest BCUT2D eigenvalue weighted by Gasteiger charge is -2.12. The molecule has 2 aromatic rings. The Kier molecular flexibility index (Phi) is 2.93. The van der Waals surface area contributed by atoms with Gasteiger partial charge in [0.25, 0.3) is 0 Å². The van der Waals surface area contributed by atoms with E-state index in [2.05, 4.69) is 15.3 Å². The van der Waals surface area contributed by atoms with Gasteiger partial charge in [0.1, 0.15) is 6.67 Å². The first-order chi connectivity index (χ1) is 8.84. The van der Waals surface area contributed by atoms with Gasteiger partial charge in [0.2, 0.25) is 0 Å². The minimum absolute atomic E-state index is 0.187. The summed E-state index contributed by atoms with van der Waals surface area (Å²) < 4.78 is 2.74. The molecule has 0 spiro atoms. The number of para-hydroxylation sites is 1. The van der Waals surface area contributed by atoms with E-state index in [-0.39, 0.29) is 5.69 Å². The highest BCUT2D eigenvalue weighted by Crippen LogP contribution is 2.07. The first-order valence-corrected chi connectivity index (χ1v) is 6.15. The number of benzene rings is 1. The molecule has 1 aromatic heterocycles. The highest BCUT2D eigenvalue weighted by Gasteiger charge is 2.15. The standard InChI is InChI=1S/C12H15N5O/c18-12-16(10-15-8-4-5-9-15)13-14-17(12)11-6-2-1-3-7-11/h1-3,6-7H,4-5,8-10H2. The van der Waals surface area contributed by atoms with Crippen molar-refractivity contribution >= 4 is 0 Å². The average molecular weight is 245 g/mol. The van der Waals surface area contributed by atoms with Crippen molar-refractivity contribution in [2.24, 2.45) is 0 Å². The largest absolute Gasteiger partial charge is 0.369 e. The molecule has 94 valence electrons. The number of hydrogen-bond donors (Lipinski definition) is 0. The highest BCUT2D eigenvalue weighted by molar-refractivity contribution is 5.28. The zero-order chi connectivity index (χ0) is 12.4. The van der Waals surface area contributed by atoms with Crippen molar-refractivity contribution in [3.63, 3.8) is 0 Å². The van der Waals surface area contributed by atoms with Crippen LogP contribution in [-0.4, -0.2) is 37.8 Å². The molecule has 2 heterocycles. The van der Waals surface area contributed by atoms with E-state index in [1.165, 1.54) is 22.2 Å². The maximum atomic E-state index is 12.1. The molecule has 0 atom stereocenters. The van der Waals surface area contributed by atoms with Crippen LogP contribution in [0.2, 0.25) is 0 Å². The van der Waals surface area contributed by atoms with Crippen LogP contribution in [0.25, 0.3) is 5.69 Å². The van der Waals surface area contributed by atoms with Crippen LogP contribution in [0.4, 0.5) is 0 Å². The minimum Gasteiger partial charge on any atom is -0.284 e. The SMILES string of the molecule is O=c1n(CN2CCCC2)nnn1-c1ccccc1. The Morgan fingerprint density at radius 1 is 1.06 bits per heavy atom. The Labute approximate surface area is 104 Å². The van der Waals surface area contributed by atoms with Gasteiger partial charge in [-0.3, -0.25) is 4.90 Å². The fraction of sp³-hybridized carbons (Fsp3) is 0.417. The molecule has 1 aliphatic heterocycles. The summed E-state index contributed by atoms with van der Waals surface area (Å²) >= 11 is 0. The maximum Gasteiger partial charge on any atom is 0.369 e. The molecule has 0 amide bonds. The summed E-state index contributed by atoms with van der Waals surface area (Å²) in [6.07, 6.45) is 2.39. The van der Waals surface area contributed by atoms with Crippen LogP contribution >= 0.6 is 0 Å². The van der Waals surface area contributed by atoms with Gasteiger partial charge >= 0.3 is 5.69 Å².